The first kappa shape index (κ1) is 12.7. The SMILES string of the molecule is CCCN(CC1CCCN1)C1CCSC1C. The highest BCUT2D eigenvalue weighted by molar-refractivity contribution is 8.00. The van der Waals surface area contributed by atoms with Crippen LogP contribution in [-0.4, -0.2) is 47.6 Å². The van der Waals surface area contributed by atoms with Gasteiger partial charge in [0.1, 0.15) is 0 Å². The molecule has 2 saturated heterocycles. The normalized spacial score (nSPS) is 35.1. The van der Waals surface area contributed by atoms with Crippen LogP contribution in [0.4, 0.5) is 0 Å². The van der Waals surface area contributed by atoms with Crippen molar-refractivity contribution in [2.75, 3.05) is 25.4 Å². The largest absolute Gasteiger partial charge is 0.313 e. The molecule has 0 aromatic carbocycles. The van der Waals surface area contributed by atoms with Crippen molar-refractivity contribution in [2.45, 2.75) is 56.9 Å². The molecule has 0 radical (unpaired) electrons. The van der Waals surface area contributed by atoms with Crippen LogP contribution in [0.3, 0.4) is 0 Å². The zero-order valence-electron chi connectivity index (χ0n) is 10.7. The number of nitrogens with zero attached hydrogens (tertiary/aromatic N) is 1. The summed E-state index contributed by atoms with van der Waals surface area (Å²) in [4.78, 5) is 2.76. The van der Waals surface area contributed by atoms with E-state index in [4.69, 9.17) is 0 Å². The highest BCUT2D eigenvalue weighted by atomic mass is 32.2. The molecule has 2 fully saturated rings. The second kappa shape index (κ2) is 6.27. The molecule has 0 aromatic rings. The number of hydrogen-bond donors (Lipinski definition) is 1. The second-order valence-corrected chi connectivity index (χ2v) is 6.71. The third-order valence-electron chi connectivity index (χ3n) is 3.93. The van der Waals surface area contributed by atoms with E-state index < -0.39 is 0 Å². The van der Waals surface area contributed by atoms with E-state index in [0.29, 0.717) is 0 Å². The average Bonchev–Trinajstić information content (AvgIpc) is 2.88. The van der Waals surface area contributed by atoms with Crippen LogP contribution < -0.4 is 5.32 Å². The van der Waals surface area contributed by atoms with Crippen LogP contribution in [-0.2, 0) is 0 Å². The van der Waals surface area contributed by atoms with E-state index >= 15 is 0 Å². The van der Waals surface area contributed by atoms with E-state index in [-0.39, 0.29) is 0 Å². The molecule has 0 spiro atoms. The summed E-state index contributed by atoms with van der Waals surface area (Å²) in [6, 6.07) is 1.61. The molecule has 2 aliphatic heterocycles. The van der Waals surface area contributed by atoms with Crippen LogP contribution in [0.2, 0.25) is 0 Å². The first-order valence-corrected chi connectivity index (χ1v) is 7.95. The summed E-state index contributed by atoms with van der Waals surface area (Å²) in [5.41, 5.74) is 0. The van der Waals surface area contributed by atoms with Gasteiger partial charge >= 0.3 is 0 Å². The van der Waals surface area contributed by atoms with Crippen molar-refractivity contribution < 1.29 is 0 Å². The molecule has 2 rings (SSSR count). The lowest BCUT2D eigenvalue weighted by molar-refractivity contribution is 0.180. The van der Waals surface area contributed by atoms with Crippen molar-refractivity contribution in [2.24, 2.45) is 0 Å². The van der Waals surface area contributed by atoms with Gasteiger partial charge in [0, 0.05) is 23.9 Å². The number of hydrogen-bond acceptors (Lipinski definition) is 3. The predicted molar refractivity (Wildman–Crippen MR) is 73.2 cm³/mol. The Balaban J connectivity index is 1.87. The Hall–Kier alpha value is 0.270. The molecular weight excluding hydrogens is 216 g/mol. The first-order valence-electron chi connectivity index (χ1n) is 6.90. The van der Waals surface area contributed by atoms with Gasteiger partial charge < -0.3 is 5.32 Å². The fourth-order valence-electron chi connectivity index (χ4n) is 3.08. The van der Waals surface area contributed by atoms with Gasteiger partial charge in [0.2, 0.25) is 0 Å². The first-order chi connectivity index (χ1) is 7.81. The van der Waals surface area contributed by atoms with Gasteiger partial charge in [-0.2, -0.15) is 11.8 Å². The summed E-state index contributed by atoms with van der Waals surface area (Å²) in [6.07, 6.45) is 5.45. The van der Waals surface area contributed by atoms with Gasteiger partial charge in [-0.3, -0.25) is 4.90 Å². The maximum atomic E-state index is 3.64. The van der Waals surface area contributed by atoms with Crippen LogP contribution >= 0.6 is 11.8 Å². The average molecular weight is 242 g/mol. The molecule has 3 unspecified atom stereocenters. The zero-order chi connectivity index (χ0) is 11.4. The molecule has 2 heterocycles. The smallest absolute Gasteiger partial charge is 0.0220 e. The maximum absolute atomic E-state index is 3.64. The minimum Gasteiger partial charge on any atom is -0.313 e. The third-order valence-corrected chi connectivity index (χ3v) is 5.24. The monoisotopic (exact) mass is 242 g/mol. The molecule has 3 heteroatoms. The van der Waals surface area contributed by atoms with Gasteiger partial charge in [0.25, 0.3) is 0 Å². The Labute approximate surface area is 105 Å². The van der Waals surface area contributed by atoms with Gasteiger partial charge in [0.15, 0.2) is 0 Å². The molecule has 0 saturated carbocycles. The highest BCUT2D eigenvalue weighted by Gasteiger charge is 2.30. The summed E-state index contributed by atoms with van der Waals surface area (Å²) in [5.74, 6) is 1.37. The number of rotatable bonds is 5. The standard InChI is InChI=1S/C13H26N2S/c1-3-8-15(10-12-5-4-7-14-12)13-6-9-16-11(13)2/h11-14H,3-10H2,1-2H3. The van der Waals surface area contributed by atoms with E-state index in [1.54, 1.807) is 0 Å². The molecule has 94 valence electrons. The fourth-order valence-corrected chi connectivity index (χ4v) is 4.35. The van der Waals surface area contributed by atoms with Crippen LogP contribution in [0.1, 0.15) is 39.5 Å². The molecule has 0 bridgehead atoms. The topological polar surface area (TPSA) is 15.3 Å². The van der Waals surface area contributed by atoms with E-state index in [0.717, 1.165) is 17.3 Å². The highest BCUT2D eigenvalue weighted by Crippen LogP contribution is 2.30. The molecule has 2 nitrogen and oxygen atoms in total. The third kappa shape index (κ3) is 3.14. The number of thioether (sulfide) groups is 1. The molecule has 1 N–H and O–H groups in total. The molecule has 0 aliphatic carbocycles. The van der Waals surface area contributed by atoms with Crippen molar-refractivity contribution >= 4 is 11.8 Å². The summed E-state index contributed by atoms with van der Waals surface area (Å²) in [5, 5.41) is 4.48. The minimum atomic E-state index is 0.768. The van der Waals surface area contributed by atoms with Crippen molar-refractivity contribution in [3.8, 4) is 0 Å². The van der Waals surface area contributed by atoms with E-state index in [1.165, 1.54) is 51.1 Å². The van der Waals surface area contributed by atoms with Gasteiger partial charge in [0.05, 0.1) is 0 Å². The summed E-state index contributed by atoms with van der Waals surface area (Å²) in [7, 11) is 0. The second-order valence-electron chi connectivity index (χ2n) is 5.22. The Morgan fingerprint density at radius 1 is 1.38 bits per heavy atom. The number of nitrogens with one attached hydrogen (secondary N) is 1. The van der Waals surface area contributed by atoms with Crippen molar-refractivity contribution in [1.82, 2.24) is 10.2 Å². The predicted octanol–water partition coefficient (Wildman–Crippen LogP) is 2.34. The molecular formula is C13H26N2S. The van der Waals surface area contributed by atoms with Crippen molar-refractivity contribution in [1.29, 1.82) is 0 Å². The summed E-state index contributed by atoms with van der Waals surface area (Å²) >= 11 is 2.16. The summed E-state index contributed by atoms with van der Waals surface area (Å²) in [6.45, 7) is 8.52. The van der Waals surface area contributed by atoms with Crippen molar-refractivity contribution in [3.63, 3.8) is 0 Å². The quantitative estimate of drug-likeness (QED) is 0.797. The van der Waals surface area contributed by atoms with E-state index in [1.807, 2.05) is 0 Å². The van der Waals surface area contributed by atoms with Crippen LogP contribution in [0.5, 0.6) is 0 Å². The van der Waals surface area contributed by atoms with Crippen LogP contribution in [0.15, 0.2) is 0 Å². The Morgan fingerprint density at radius 2 is 2.25 bits per heavy atom. The fraction of sp³-hybridized carbons (Fsp3) is 1.00. The summed E-state index contributed by atoms with van der Waals surface area (Å²) < 4.78 is 0. The Morgan fingerprint density at radius 3 is 2.81 bits per heavy atom. The van der Waals surface area contributed by atoms with E-state index in [9.17, 15) is 0 Å². The Kier molecular flexibility index (Phi) is 4.98. The minimum absolute atomic E-state index is 0.768. The molecule has 0 aromatic heterocycles. The van der Waals surface area contributed by atoms with Crippen LogP contribution in [0, 0.1) is 0 Å². The lowest BCUT2D eigenvalue weighted by atomic mass is 10.1. The lowest BCUT2D eigenvalue weighted by Gasteiger charge is -2.33. The molecule has 3 atom stereocenters. The van der Waals surface area contributed by atoms with Gasteiger partial charge in [-0.25, -0.2) is 0 Å². The van der Waals surface area contributed by atoms with Gasteiger partial charge in [-0.1, -0.05) is 13.8 Å². The lowest BCUT2D eigenvalue weighted by Crippen LogP contribution is -2.45. The van der Waals surface area contributed by atoms with Gasteiger partial charge in [-0.05, 0) is 44.5 Å². The van der Waals surface area contributed by atoms with Crippen LogP contribution in [0.25, 0.3) is 0 Å². The molecule has 2 aliphatic rings. The maximum Gasteiger partial charge on any atom is 0.0220 e. The zero-order valence-corrected chi connectivity index (χ0v) is 11.6. The van der Waals surface area contributed by atoms with Crippen molar-refractivity contribution in [3.05, 3.63) is 0 Å². The molecule has 0 amide bonds. The Bertz CT molecular complexity index is 204. The molecule has 16 heavy (non-hydrogen) atoms. The van der Waals surface area contributed by atoms with E-state index in [2.05, 4.69) is 35.8 Å². The van der Waals surface area contributed by atoms with Gasteiger partial charge in [-0.15, -0.1) is 0 Å².